The molecule has 1 aromatic carbocycles. The standard InChI is InChI=1S/C13H13F2NO5/c14-13(15)21-9-3-1-7(2-4-9)11(18)16-6-8(17)5-10(16)12(19)20/h1-4,8,10,13,17H,5-6H2,(H,19,20)/t8-,10-/m0/s1. The van der Waals surface area contributed by atoms with Crippen molar-refractivity contribution in [2.24, 2.45) is 0 Å². The Morgan fingerprint density at radius 1 is 1.29 bits per heavy atom. The van der Waals surface area contributed by atoms with Gasteiger partial charge < -0.3 is 19.8 Å². The Labute approximate surface area is 118 Å². The maximum Gasteiger partial charge on any atom is 0.387 e. The van der Waals surface area contributed by atoms with E-state index in [-0.39, 0.29) is 24.3 Å². The smallest absolute Gasteiger partial charge is 0.387 e. The Morgan fingerprint density at radius 3 is 2.43 bits per heavy atom. The molecule has 6 nitrogen and oxygen atoms in total. The van der Waals surface area contributed by atoms with Crippen LogP contribution in [0.1, 0.15) is 16.8 Å². The van der Waals surface area contributed by atoms with Gasteiger partial charge in [0.2, 0.25) is 0 Å². The minimum absolute atomic E-state index is 0.0341. The highest BCUT2D eigenvalue weighted by atomic mass is 19.3. The van der Waals surface area contributed by atoms with Crippen molar-refractivity contribution in [2.75, 3.05) is 6.54 Å². The summed E-state index contributed by atoms with van der Waals surface area (Å²) in [5, 5.41) is 18.5. The number of carbonyl (C=O) groups is 2. The molecular weight excluding hydrogens is 288 g/mol. The molecule has 0 aliphatic carbocycles. The monoisotopic (exact) mass is 301 g/mol. The number of hydrogen-bond acceptors (Lipinski definition) is 4. The topological polar surface area (TPSA) is 87.1 Å². The third-order valence-electron chi connectivity index (χ3n) is 3.15. The van der Waals surface area contributed by atoms with E-state index in [1.54, 1.807) is 0 Å². The third-order valence-corrected chi connectivity index (χ3v) is 3.15. The van der Waals surface area contributed by atoms with E-state index in [0.29, 0.717) is 0 Å². The summed E-state index contributed by atoms with van der Waals surface area (Å²) in [4.78, 5) is 24.3. The molecule has 2 N–H and O–H groups in total. The molecule has 0 spiro atoms. The lowest BCUT2D eigenvalue weighted by Crippen LogP contribution is -2.40. The molecule has 1 aliphatic rings. The summed E-state index contributed by atoms with van der Waals surface area (Å²) < 4.78 is 28.2. The summed E-state index contributed by atoms with van der Waals surface area (Å²) in [6.45, 7) is -3.04. The summed E-state index contributed by atoms with van der Waals surface area (Å²) in [7, 11) is 0. The van der Waals surface area contributed by atoms with Gasteiger partial charge in [-0.05, 0) is 24.3 Å². The van der Waals surface area contributed by atoms with Crippen LogP contribution in [0, 0.1) is 0 Å². The van der Waals surface area contributed by atoms with E-state index in [0.717, 1.165) is 4.90 Å². The van der Waals surface area contributed by atoms with Gasteiger partial charge in [0.25, 0.3) is 5.91 Å². The minimum atomic E-state index is -2.96. The Balaban J connectivity index is 2.14. The minimum Gasteiger partial charge on any atom is -0.480 e. The summed E-state index contributed by atoms with van der Waals surface area (Å²) in [5.74, 6) is -1.88. The van der Waals surface area contributed by atoms with Gasteiger partial charge in [0.15, 0.2) is 0 Å². The Kier molecular flexibility index (Phi) is 4.37. The number of carboxylic acid groups (broad SMARTS) is 1. The van der Waals surface area contributed by atoms with Gasteiger partial charge in [-0.1, -0.05) is 0 Å². The molecule has 1 aromatic rings. The number of aliphatic carboxylic acids is 1. The van der Waals surface area contributed by atoms with Gasteiger partial charge in [-0.3, -0.25) is 4.79 Å². The number of β-amino-alcohol motifs (C(OH)–C–C–N with tert-alkyl or cyclic N) is 1. The zero-order chi connectivity index (χ0) is 15.6. The average Bonchev–Trinajstić information content (AvgIpc) is 2.80. The molecule has 0 aromatic heterocycles. The van der Waals surface area contributed by atoms with E-state index in [2.05, 4.69) is 4.74 Å². The lowest BCUT2D eigenvalue weighted by molar-refractivity contribution is -0.141. The molecule has 21 heavy (non-hydrogen) atoms. The largest absolute Gasteiger partial charge is 0.480 e. The second kappa shape index (κ2) is 6.04. The fourth-order valence-corrected chi connectivity index (χ4v) is 2.22. The highest BCUT2D eigenvalue weighted by molar-refractivity contribution is 5.97. The quantitative estimate of drug-likeness (QED) is 0.864. The van der Waals surface area contributed by atoms with Gasteiger partial charge in [-0.2, -0.15) is 8.78 Å². The molecule has 114 valence electrons. The number of likely N-dealkylation sites (tertiary alicyclic amines) is 1. The summed E-state index contributed by atoms with van der Waals surface area (Å²) in [6.07, 6.45) is -0.926. The van der Waals surface area contributed by atoms with Crippen LogP contribution in [0.4, 0.5) is 8.78 Å². The predicted molar refractivity (Wildman–Crippen MR) is 66.2 cm³/mol. The number of halogens is 2. The fourth-order valence-electron chi connectivity index (χ4n) is 2.22. The van der Waals surface area contributed by atoms with Crippen molar-refractivity contribution in [1.82, 2.24) is 4.90 Å². The molecule has 1 amide bonds. The number of carboxylic acids is 1. The first kappa shape index (κ1) is 15.2. The van der Waals surface area contributed by atoms with Crippen molar-refractivity contribution >= 4 is 11.9 Å². The van der Waals surface area contributed by atoms with E-state index in [4.69, 9.17) is 5.11 Å². The molecule has 0 unspecified atom stereocenters. The van der Waals surface area contributed by atoms with Crippen LogP contribution in [-0.4, -0.2) is 52.3 Å². The van der Waals surface area contributed by atoms with Crippen molar-refractivity contribution in [3.63, 3.8) is 0 Å². The Bertz CT molecular complexity index is 534. The first-order valence-corrected chi connectivity index (χ1v) is 6.15. The van der Waals surface area contributed by atoms with Gasteiger partial charge in [-0.15, -0.1) is 0 Å². The maximum atomic E-state index is 12.2. The summed E-state index contributed by atoms with van der Waals surface area (Å²) >= 11 is 0. The molecule has 0 radical (unpaired) electrons. The molecule has 0 saturated carbocycles. The van der Waals surface area contributed by atoms with Gasteiger partial charge >= 0.3 is 12.6 Å². The zero-order valence-corrected chi connectivity index (χ0v) is 10.8. The van der Waals surface area contributed by atoms with Crippen LogP contribution < -0.4 is 4.74 Å². The maximum absolute atomic E-state index is 12.2. The highest BCUT2D eigenvalue weighted by Crippen LogP contribution is 2.22. The number of hydrogen-bond donors (Lipinski definition) is 2. The molecule has 2 rings (SSSR count). The third kappa shape index (κ3) is 3.46. The Hall–Kier alpha value is -2.22. The van der Waals surface area contributed by atoms with Crippen molar-refractivity contribution in [1.29, 1.82) is 0 Å². The normalized spacial score (nSPS) is 21.6. The summed E-state index contributed by atoms with van der Waals surface area (Å²) in [6, 6.07) is 3.83. The summed E-state index contributed by atoms with van der Waals surface area (Å²) in [5.41, 5.74) is 0.136. The van der Waals surface area contributed by atoms with E-state index in [1.807, 2.05) is 0 Å². The van der Waals surface area contributed by atoms with Crippen LogP contribution in [0.15, 0.2) is 24.3 Å². The number of aliphatic hydroxyl groups excluding tert-OH is 1. The Morgan fingerprint density at radius 2 is 1.90 bits per heavy atom. The SMILES string of the molecule is O=C(O)[C@@H]1C[C@H](O)CN1C(=O)c1ccc(OC(F)F)cc1. The van der Waals surface area contributed by atoms with Gasteiger partial charge in [0.1, 0.15) is 11.8 Å². The van der Waals surface area contributed by atoms with Crippen LogP contribution in [-0.2, 0) is 4.79 Å². The second-order valence-corrected chi connectivity index (χ2v) is 4.60. The number of alkyl halides is 2. The molecule has 1 aliphatic heterocycles. The molecule has 8 heteroatoms. The van der Waals surface area contributed by atoms with Crippen LogP contribution in [0.25, 0.3) is 0 Å². The van der Waals surface area contributed by atoms with E-state index < -0.39 is 30.6 Å². The molecule has 1 heterocycles. The first-order chi connectivity index (χ1) is 9.88. The molecule has 1 fully saturated rings. The van der Waals surface area contributed by atoms with Crippen molar-refractivity contribution < 1.29 is 33.3 Å². The molecular formula is C13H13F2NO5. The van der Waals surface area contributed by atoms with Crippen molar-refractivity contribution in [2.45, 2.75) is 25.2 Å². The van der Waals surface area contributed by atoms with Gasteiger partial charge in [0.05, 0.1) is 6.10 Å². The number of rotatable bonds is 4. The zero-order valence-electron chi connectivity index (χ0n) is 10.8. The lowest BCUT2D eigenvalue weighted by atomic mass is 10.1. The highest BCUT2D eigenvalue weighted by Gasteiger charge is 2.39. The number of benzene rings is 1. The van der Waals surface area contributed by atoms with Crippen LogP contribution in [0.3, 0.4) is 0 Å². The van der Waals surface area contributed by atoms with E-state index in [9.17, 15) is 23.5 Å². The number of amides is 1. The number of aliphatic hydroxyl groups is 1. The van der Waals surface area contributed by atoms with Crippen LogP contribution >= 0.6 is 0 Å². The van der Waals surface area contributed by atoms with Crippen LogP contribution in [0.5, 0.6) is 5.75 Å². The average molecular weight is 301 g/mol. The van der Waals surface area contributed by atoms with E-state index in [1.165, 1.54) is 24.3 Å². The van der Waals surface area contributed by atoms with Crippen molar-refractivity contribution in [3.8, 4) is 5.75 Å². The molecule has 1 saturated heterocycles. The number of ether oxygens (including phenoxy) is 1. The second-order valence-electron chi connectivity index (χ2n) is 4.60. The number of nitrogens with zero attached hydrogens (tertiary/aromatic N) is 1. The lowest BCUT2D eigenvalue weighted by Gasteiger charge is -2.21. The van der Waals surface area contributed by atoms with Gasteiger partial charge in [-0.25, -0.2) is 4.79 Å². The first-order valence-electron chi connectivity index (χ1n) is 6.15. The van der Waals surface area contributed by atoms with E-state index >= 15 is 0 Å². The molecule has 0 bridgehead atoms. The van der Waals surface area contributed by atoms with Gasteiger partial charge in [0, 0.05) is 18.5 Å². The van der Waals surface area contributed by atoms with Crippen molar-refractivity contribution in [3.05, 3.63) is 29.8 Å². The predicted octanol–water partition coefficient (Wildman–Crippen LogP) is 0.948. The fraction of sp³-hybridized carbons (Fsp3) is 0.385. The van der Waals surface area contributed by atoms with Crippen LogP contribution in [0.2, 0.25) is 0 Å². The number of carbonyl (C=O) groups excluding carboxylic acids is 1. The molecule has 2 atom stereocenters.